The molecule has 1 aliphatic heterocycles. The molecule has 4 N–H and O–H groups in total. The summed E-state index contributed by atoms with van der Waals surface area (Å²) < 4.78 is 64.0. The molecule has 2 atom stereocenters. The lowest BCUT2D eigenvalue weighted by Crippen LogP contribution is -2.72. The standard InChI is InChI=1S/C19H27F3N2O4S/c1-12(25)16(23)17(26)24-9-7-13(8-10-24)18(2,3)29(27,28)15-6-4-5-14(11-15)19(20,21)22/h4-6,11-13,16,25H,7-10,23H2,1-3H3/p+1/t12-,16-/m0/s1. The molecule has 0 spiro atoms. The van der Waals surface area contributed by atoms with Crippen molar-refractivity contribution < 1.29 is 37.2 Å². The van der Waals surface area contributed by atoms with Crippen molar-refractivity contribution in [2.24, 2.45) is 5.92 Å². The average molecular weight is 438 g/mol. The Balaban J connectivity index is 2.20. The van der Waals surface area contributed by atoms with Crippen LogP contribution in [0.25, 0.3) is 0 Å². The maximum absolute atomic E-state index is 13.2. The molecule has 1 saturated heterocycles. The Kier molecular flexibility index (Phi) is 6.71. The largest absolute Gasteiger partial charge is 0.416 e. The van der Waals surface area contributed by atoms with Gasteiger partial charge in [-0.3, -0.25) is 4.79 Å². The number of rotatable bonds is 5. The number of benzene rings is 1. The molecule has 0 saturated carbocycles. The summed E-state index contributed by atoms with van der Waals surface area (Å²) >= 11 is 0. The van der Waals surface area contributed by atoms with Gasteiger partial charge in [0.15, 0.2) is 15.9 Å². The van der Waals surface area contributed by atoms with E-state index in [0.29, 0.717) is 32.0 Å². The minimum Gasteiger partial charge on any atom is -0.387 e. The van der Waals surface area contributed by atoms with Gasteiger partial charge in [-0.2, -0.15) is 13.2 Å². The number of aliphatic hydroxyl groups excluding tert-OH is 1. The molecule has 0 radical (unpaired) electrons. The Bertz CT molecular complexity index is 845. The van der Waals surface area contributed by atoms with E-state index in [2.05, 4.69) is 5.73 Å². The van der Waals surface area contributed by atoms with Crippen molar-refractivity contribution in [2.75, 3.05) is 13.1 Å². The lowest BCUT2D eigenvalue weighted by atomic mass is 9.85. The Morgan fingerprint density at radius 1 is 1.24 bits per heavy atom. The molecule has 10 heteroatoms. The number of hydrogen-bond acceptors (Lipinski definition) is 4. The summed E-state index contributed by atoms with van der Waals surface area (Å²) in [6.45, 7) is 5.13. The second-order valence-corrected chi connectivity index (χ2v) is 10.6. The quantitative estimate of drug-likeness (QED) is 0.729. The minimum atomic E-state index is -4.63. The maximum Gasteiger partial charge on any atom is 0.416 e. The lowest BCUT2D eigenvalue weighted by molar-refractivity contribution is -0.421. The molecule has 1 amide bonds. The summed E-state index contributed by atoms with van der Waals surface area (Å²) in [5.74, 6) is -0.627. The third-order valence-corrected chi connectivity index (χ3v) is 8.45. The van der Waals surface area contributed by atoms with Gasteiger partial charge in [0.05, 0.1) is 15.2 Å². The molecule has 0 unspecified atom stereocenters. The summed E-state index contributed by atoms with van der Waals surface area (Å²) in [5.41, 5.74) is 2.65. The van der Waals surface area contributed by atoms with E-state index in [-0.39, 0.29) is 16.7 Å². The van der Waals surface area contributed by atoms with Crippen molar-refractivity contribution in [3.63, 3.8) is 0 Å². The number of piperidine rings is 1. The van der Waals surface area contributed by atoms with E-state index >= 15 is 0 Å². The van der Waals surface area contributed by atoms with Gasteiger partial charge >= 0.3 is 6.18 Å². The third kappa shape index (κ3) is 4.75. The molecule has 0 aromatic heterocycles. The van der Waals surface area contributed by atoms with Crippen LogP contribution < -0.4 is 5.73 Å². The van der Waals surface area contributed by atoms with Gasteiger partial charge < -0.3 is 15.7 Å². The van der Waals surface area contributed by atoms with E-state index in [9.17, 15) is 31.5 Å². The molecule has 0 aliphatic carbocycles. The number of sulfone groups is 1. The zero-order valence-corrected chi connectivity index (χ0v) is 17.6. The number of quaternary nitrogens is 1. The molecule has 2 rings (SSSR count). The maximum atomic E-state index is 13.2. The fourth-order valence-corrected chi connectivity index (χ4v) is 5.42. The van der Waals surface area contributed by atoms with Crippen LogP contribution in [0, 0.1) is 5.92 Å². The van der Waals surface area contributed by atoms with E-state index < -0.39 is 38.5 Å². The molecule has 29 heavy (non-hydrogen) atoms. The Morgan fingerprint density at radius 3 is 2.28 bits per heavy atom. The van der Waals surface area contributed by atoms with Crippen LogP contribution in [0.1, 0.15) is 39.2 Å². The minimum absolute atomic E-state index is 0.294. The molecule has 164 valence electrons. The smallest absolute Gasteiger partial charge is 0.387 e. The normalized spacial score (nSPS) is 19.1. The number of amides is 1. The predicted molar refractivity (Wildman–Crippen MR) is 100 cm³/mol. The zero-order chi connectivity index (χ0) is 22.2. The van der Waals surface area contributed by atoms with E-state index in [4.69, 9.17) is 0 Å². The van der Waals surface area contributed by atoms with Crippen LogP contribution >= 0.6 is 0 Å². The number of likely N-dealkylation sites (tertiary alicyclic amines) is 1. The second-order valence-electron chi connectivity index (χ2n) is 8.08. The van der Waals surface area contributed by atoms with Gasteiger partial charge in [0.25, 0.3) is 5.91 Å². The molecule has 1 fully saturated rings. The SMILES string of the molecule is C[C@H](O)[C@H]([NH3+])C(=O)N1CCC(C(C)(C)S(=O)(=O)c2cccc(C(F)(F)F)c2)CC1. The highest BCUT2D eigenvalue weighted by atomic mass is 32.2. The summed E-state index contributed by atoms with van der Waals surface area (Å²) in [6, 6.07) is 2.99. The number of alkyl halides is 3. The van der Waals surface area contributed by atoms with Crippen LogP contribution in [0.3, 0.4) is 0 Å². The predicted octanol–water partition coefficient (Wildman–Crippen LogP) is 1.49. The molecular weight excluding hydrogens is 409 g/mol. The Hall–Kier alpha value is -1.65. The first-order chi connectivity index (χ1) is 13.2. The van der Waals surface area contributed by atoms with E-state index in [1.54, 1.807) is 4.90 Å². The van der Waals surface area contributed by atoms with Gasteiger partial charge in [-0.15, -0.1) is 0 Å². The molecule has 6 nitrogen and oxygen atoms in total. The number of halogens is 3. The highest BCUT2D eigenvalue weighted by molar-refractivity contribution is 7.92. The number of carbonyl (C=O) groups is 1. The van der Waals surface area contributed by atoms with Crippen molar-refractivity contribution in [1.29, 1.82) is 0 Å². The molecule has 1 aromatic rings. The monoisotopic (exact) mass is 437 g/mol. The third-order valence-electron chi connectivity index (χ3n) is 5.85. The molecule has 0 bridgehead atoms. The topological polar surface area (TPSA) is 102 Å². The highest BCUT2D eigenvalue weighted by Gasteiger charge is 2.45. The molecular formula is C19H28F3N2O4S+. The number of carbonyl (C=O) groups excluding carboxylic acids is 1. The number of aliphatic hydroxyl groups is 1. The summed E-state index contributed by atoms with van der Waals surface area (Å²) in [4.78, 5) is 13.5. The summed E-state index contributed by atoms with van der Waals surface area (Å²) in [6.07, 6.45) is -4.74. The molecule has 1 aliphatic rings. The molecule has 1 aromatic carbocycles. The van der Waals surface area contributed by atoms with Gasteiger partial charge in [0, 0.05) is 13.1 Å². The summed E-state index contributed by atoms with van der Waals surface area (Å²) in [7, 11) is -4.04. The van der Waals surface area contributed by atoms with Crippen molar-refractivity contribution in [1.82, 2.24) is 4.90 Å². The van der Waals surface area contributed by atoms with Gasteiger partial charge in [-0.25, -0.2) is 8.42 Å². The first-order valence-electron chi connectivity index (χ1n) is 9.41. The van der Waals surface area contributed by atoms with Crippen LogP contribution in [-0.4, -0.2) is 54.3 Å². The van der Waals surface area contributed by atoms with Crippen LogP contribution in [0.15, 0.2) is 29.2 Å². The van der Waals surface area contributed by atoms with Crippen LogP contribution in [-0.2, 0) is 20.8 Å². The number of nitrogens with zero attached hydrogens (tertiary/aromatic N) is 1. The van der Waals surface area contributed by atoms with Crippen LogP contribution in [0.2, 0.25) is 0 Å². The van der Waals surface area contributed by atoms with E-state index in [1.807, 2.05) is 0 Å². The van der Waals surface area contributed by atoms with Crippen molar-refractivity contribution in [3.8, 4) is 0 Å². The molecule has 1 heterocycles. The lowest BCUT2D eigenvalue weighted by Gasteiger charge is -2.40. The van der Waals surface area contributed by atoms with Gasteiger partial charge in [0.1, 0.15) is 6.10 Å². The fraction of sp³-hybridized carbons (Fsp3) is 0.632. The second kappa shape index (κ2) is 8.23. The van der Waals surface area contributed by atoms with Gasteiger partial charge in [-0.05, 0) is 57.7 Å². The van der Waals surface area contributed by atoms with Crippen LogP contribution in [0.5, 0.6) is 0 Å². The average Bonchev–Trinajstić information content (AvgIpc) is 2.66. The van der Waals surface area contributed by atoms with Gasteiger partial charge in [-0.1, -0.05) is 6.07 Å². The fourth-order valence-electron chi connectivity index (χ4n) is 3.60. The van der Waals surface area contributed by atoms with Crippen molar-refractivity contribution >= 4 is 15.7 Å². The first kappa shape index (κ1) is 23.6. The highest BCUT2D eigenvalue weighted by Crippen LogP contribution is 2.39. The summed E-state index contributed by atoms with van der Waals surface area (Å²) in [5, 5.41) is 9.55. The Labute approximate surface area is 168 Å². The first-order valence-corrected chi connectivity index (χ1v) is 10.9. The van der Waals surface area contributed by atoms with E-state index in [1.165, 1.54) is 26.8 Å². The van der Waals surface area contributed by atoms with E-state index in [0.717, 1.165) is 12.1 Å². The van der Waals surface area contributed by atoms with Gasteiger partial charge in [0.2, 0.25) is 0 Å². The Morgan fingerprint density at radius 2 is 1.79 bits per heavy atom. The van der Waals surface area contributed by atoms with Crippen LogP contribution in [0.4, 0.5) is 13.2 Å². The van der Waals surface area contributed by atoms with Crippen molar-refractivity contribution in [2.45, 2.75) is 61.6 Å². The van der Waals surface area contributed by atoms with Crippen molar-refractivity contribution in [3.05, 3.63) is 29.8 Å². The zero-order valence-electron chi connectivity index (χ0n) is 16.7. The number of hydrogen-bond donors (Lipinski definition) is 2.